The maximum absolute atomic E-state index is 13.7. The Morgan fingerprint density at radius 2 is 1.74 bits per heavy atom. The van der Waals surface area contributed by atoms with Crippen molar-refractivity contribution in [2.24, 2.45) is 0 Å². The van der Waals surface area contributed by atoms with Crippen molar-refractivity contribution in [2.45, 2.75) is 19.9 Å². The molecule has 3 heterocycles. The highest BCUT2D eigenvalue weighted by atomic mass is 35.5. The van der Waals surface area contributed by atoms with Crippen LogP contribution in [-0.4, -0.2) is 39.6 Å². The smallest absolute Gasteiger partial charge is 0.350 e. The third-order valence-electron chi connectivity index (χ3n) is 6.09. The van der Waals surface area contributed by atoms with Gasteiger partial charge in [0, 0.05) is 33.8 Å². The number of hydrogen-bond acceptors (Lipinski definition) is 7. The third kappa shape index (κ3) is 5.08. The number of rotatable bonds is 6. The average Bonchev–Trinajstić information content (AvgIpc) is 3.54. The van der Waals surface area contributed by atoms with Crippen LogP contribution in [0.15, 0.2) is 66.9 Å². The molecule has 0 bridgehead atoms. The fraction of sp³-hybridized carbons (Fsp3) is 0.143. The summed E-state index contributed by atoms with van der Waals surface area (Å²) in [5.74, 6) is -0.391. The van der Waals surface area contributed by atoms with E-state index in [9.17, 15) is 9.59 Å². The van der Waals surface area contributed by atoms with Crippen LogP contribution in [0.1, 0.15) is 33.9 Å². The lowest BCUT2D eigenvalue weighted by molar-refractivity contribution is 0.0607. The van der Waals surface area contributed by atoms with E-state index < -0.39 is 5.97 Å². The molecule has 0 saturated heterocycles. The number of benzene rings is 2. The molecule has 0 unspecified atom stereocenters. The van der Waals surface area contributed by atoms with E-state index in [1.807, 2.05) is 50.2 Å². The maximum Gasteiger partial charge on any atom is 0.350 e. The lowest BCUT2D eigenvalue weighted by atomic mass is 10.1. The van der Waals surface area contributed by atoms with Crippen LogP contribution in [0, 0.1) is 0 Å². The third-order valence-corrected chi connectivity index (χ3v) is 7.79. The Hall–Kier alpha value is -3.92. The first-order valence-electron chi connectivity index (χ1n) is 11.9. The summed E-state index contributed by atoms with van der Waals surface area (Å²) in [4.78, 5) is 33.4. The van der Waals surface area contributed by atoms with Crippen molar-refractivity contribution in [2.75, 3.05) is 17.7 Å². The molecule has 39 heavy (non-hydrogen) atoms. The van der Waals surface area contributed by atoms with Crippen LogP contribution >= 0.6 is 34.5 Å². The van der Waals surface area contributed by atoms with Crippen LogP contribution < -0.4 is 10.6 Å². The number of halogens is 2. The second-order valence-corrected chi connectivity index (χ2v) is 10.9. The molecule has 3 aromatic heterocycles. The van der Waals surface area contributed by atoms with Gasteiger partial charge in [-0.05, 0) is 49.7 Å². The first-order chi connectivity index (χ1) is 18.7. The Labute approximate surface area is 238 Å². The summed E-state index contributed by atoms with van der Waals surface area (Å²) in [6.45, 7) is 3.73. The van der Waals surface area contributed by atoms with Gasteiger partial charge in [-0.25, -0.2) is 9.78 Å². The van der Waals surface area contributed by atoms with Crippen LogP contribution in [0.3, 0.4) is 0 Å². The Balaban J connectivity index is 1.54. The molecule has 5 rings (SSSR count). The average molecular weight is 580 g/mol. The van der Waals surface area contributed by atoms with Crippen LogP contribution in [0.25, 0.3) is 27.3 Å². The molecule has 5 aromatic rings. The van der Waals surface area contributed by atoms with Crippen molar-refractivity contribution in [3.8, 4) is 21.7 Å². The minimum Gasteiger partial charge on any atom is -0.465 e. The van der Waals surface area contributed by atoms with E-state index in [4.69, 9.17) is 33.7 Å². The molecule has 0 aliphatic heterocycles. The summed E-state index contributed by atoms with van der Waals surface area (Å²) in [6, 6.07) is 17.5. The van der Waals surface area contributed by atoms with Crippen LogP contribution in [0.4, 0.5) is 11.5 Å². The predicted octanol–water partition coefficient (Wildman–Crippen LogP) is 6.86. The Kier molecular flexibility index (Phi) is 7.31. The largest absolute Gasteiger partial charge is 0.465 e. The molecule has 198 valence electrons. The van der Waals surface area contributed by atoms with Crippen molar-refractivity contribution in [1.82, 2.24) is 14.6 Å². The Morgan fingerprint density at radius 1 is 1.03 bits per heavy atom. The van der Waals surface area contributed by atoms with Gasteiger partial charge in [-0.3, -0.25) is 4.79 Å². The Morgan fingerprint density at radius 3 is 2.38 bits per heavy atom. The second kappa shape index (κ2) is 10.7. The molecule has 0 aliphatic rings. The molecule has 0 spiro atoms. The molecule has 0 aliphatic carbocycles. The minimum absolute atomic E-state index is 0.229. The highest BCUT2D eigenvalue weighted by Gasteiger charge is 2.29. The van der Waals surface area contributed by atoms with E-state index in [1.165, 1.54) is 24.5 Å². The molecule has 0 fully saturated rings. The fourth-order valence-electron chi connectivity index (χ4n) is 4.22. The number of thiophene rings is 1. The number of aromatic nitrogens is 3. The summed E-state index contributed by atoms with van der Waals surface area (Å²) in [6.07, 6.45) is 1.64. The lowest BCUT2D eigenvalue weighted by Gasteiger charge is -2.27. The van der Waals surface area contributed by atoms with E-state index in [0.29, 0.717) is 27.1 Å². The van der Waals surface area contributed by atoms with Gasteiger partial charge < -0.3 is 15.4 Å². The molecule has 1 amide bonds. The summed E-state index contributed by atoms with van der Waals surface area (Å²) >= 11 is 13.6. The van der Waals surface area contributed by atoms with Crippen LogP contribution in [-0.2, 0) is 4.74 Å². The molecule has 0 saturated carbocycles. The van der Waals surface area contributed by atoms with Crippen molar-refractivity contribution in [3.05, 3.63) is 87.3 Å². The number of nitrogens with two attached hydrogens (primary N) is 1. The second-order valence-electron chi connectivity index (χ2n) is 8.96. The quantitative estimate of drug-likeness (QED) is 0.220. The summed E-state index contributed by atoms with van der Waals surface area (Å²) in [5, 5.41) is 5.20. The highest BCUT2D eigenvalue weighted by molar-refractivity contribution is 7.18. The Bertz CT molecular complexity index is 1710. The number of esters is 1. The molecule has 11 heteroatoms. The minimum atomic E-state index is -0.534. The maximum atomic E-state index is 13.7. The van der Waals surface area contributed by atoms with E-state index in [-0.39, 0.29) is 22.5 Å². The van der Waals surface area contributed by atoms with Crippen LogP contribution in [0.2, 0.25) is 10.0 Å². The van der Waals surface area contributed by atoms with Gasteiger partial charge in [0.25, 0.3) is 5.91 Å². The van der Waals surface area contributed by atoms with E-state index in [1.54, 1.807) is 33.8 Å². The molecular formula is C28H23Cl2N5O3S. The molecule has 2 aromatic carbocycles. The monoisotopic (exact) mass is 579 g/mol. The zero-order valence-corrected chi connectivity index (χ0v) is 23.5. The number of anilines is 2. The number of nitrogens with zero attached hydrogens (tertiary/aromatic N) is 4. The topological polar surface area (TPSA) is 103 Å². The summed E-state index contributed by atoms with van der Waals surface area (Å²) in [7, 11) is 1.31. The summed E-state index contributed by atoms with van der Waals surface area (Å²) < 4.78 is 6.64. The normalized spacial score (nSPS) is 11.2. The van der Waals surface area contributed by atoms with Gasteiger partial charge in [0.2, 0.25) is 0 Å². The number of methoxy groups -OCH3 is 1. The molecule has 8 nitrogen and oxygen atoms in total. The summed E-state index contributed by atoms with van der Waals surface area (Å²) in [5.41, 5.74) is 9.85. The van der Waals surface area contributed by atoms with Gasteiger partial charge >= 0.3 is 5.97 Å². The number of amides is 1. The fourth-order valence-corrected chi connectivity index (χ4v) is 5.78. The zero-order chi connectivity index (χ0) is 27.8. The van der Waals surface area contributed by atoms with Crippen molar-refractivity contribution in [1.29, 1.82) is 0 Å². The predicted molar refractivity (Wildman–Crippen MR) is 156 cm³/mol. The van der Waals surface area contributed by atoms with Gasteiger partial charge in [0.05, 0.1) is 29.1 Å². The van der Waals surface area contributed by atoms with Crippen molar-refractivity contribution in [3.63, 3.8) is 0 Å². The lowest BCUT2D eigenvalue weighted by Crippen LogP contribution is -2.37. The van der Waals surface area contributed by atoms with E-state index in [2.05, 4.69) is 10.1 Å². The molecule has 2 N–H and O–H groups in total. The van der Waals surface area contributed by atoms with Gasteiger partial charge in [0.15, 0.2) is 5.65 Å². The molecule has 0 radical (unpaired) electrons. The van der Waals surface area contributed by atoms with Crippen LogP contribution in [0.5, 0.6) is 0 Å². The highest BCUT2D eigenvalue weighted by Crippen LogP contribution is 2.40. The number of ether oxygens (including phenoxy) is 1. The van der Waals surface area contributed by atoms with Crippen molar-refractivity contribution >= 4 is 63.6 Å². The van der Waals surface area contributed by atoms with E-state index in [0.717, 1.165) is 21.7 Å². The number of fused-ring (bicyclic) bond motifs is 1. The van der Waals surface area contributed by atoms with Gasteiger partial charge in [0.1, 0.15) is 10.7 Å². The first kappa shape index (κ1) is 26.7. The first-order valence-corrected chi connectivity index (χ1v) is 13.5. The number of nitrogen functional groups attached to an aromatic ring is 1. The standard InChI is InChI=1S/C28H23Cl2N5O3S/c1-15(2)34(27(36)19-9-8-18(29)12-20(19)30)22-14-23(39-26(22)28(37)38-3)17-6-4-16(5-7-17)21-13-25-32-11-10-24(31)35(25)33-21/h4-15H,31H2,1-3H3. The zero-order valence-electron chi connectivity index (χ0n) is 21.2. The van der Waals surface area contributed by atoms with Crippen molar-refractivity contribution < 1.29 is 14.3 Å². The number of carbonyl (C=O) groups is 2. The van der Waals surface area contributed by atoms with Gasteiger partial charge in [-0.2, -0.15) is 9.61 Å². The molecule has 0 atom stereocenters. The SMILES string of the molecule is COC(=O)c1sc(-c2ccc(-c3cc4nccc(N)n4n3)cc2)cc1N(C(=O)c1ccc(Cl)cc1Cl)C(C)C. The van der Waals surface area contributed by atoms with Gasteiger partial charge in [-0.1, -0.05) is 47.5 Å². The molecular weight excluding hydrogens is 557 g/mol. The van der Waals surface area contributed by atoms with Gasteiger partial charge in [-0.15, -0.1) is 11.3 Å². The number of carbonyl (C=O) groups excluding carboxylic acids is 2. The van der Waals surface area contributed by atoms with E-state index >= 15 is 0 Å². The number of hydrogen-bond donors (Lipinski definition) is 1.